The Kier molecular flexibility index (Phi) is 11.0. The van der Waals surface area contributed by atoms with Gasteiger partial charge < -0.3 is 20.1 Å². The maximum absolute atomic E-state index is 11.5. The van der Waals surface area contributed by atoms with Crippen molar-refractivity contribution < 1.29 is 24.9 Å². The van der Waals surface area contributed by atoms with Gasteiger partial charge in [0.1, 0.15) is 0 Å². The zero-order valence-electron chi connectivity index (χ0n) is 18.8. The first-order valence-corrected chi connectivity index (χ1v) is 11.5. The maximum Gasteiger partial charge on any atom is 0.306 e. The van der Waals surface area contributed by atoms with E-state index in [9.17, 15) is 20.1 Å². The molecular formula is C26H38O5. The molecule has 0 radical (unpaired) electrons. The summed E-state index contributed by atoms with van der Waals surface area (Å²) in [4.78, 5) is 11.5. The number of carbonyl (C=O) groups excluding carboxylic acids is 1. The number of ether oxygens (including phenoxy) is 1. The molecule has 5 atom stereocenters. The lowest BCUT2D eigenvalue weighted by molar-refractivity contribution is -0.147. The van der Waals surface area contributed by atoms with Crippen LogP contribution in [0.2, 0.25) is 0 Å². The van der Waals surface area contributed by atoms with Gasteiger partial charge >= 0.3 is 5.97 Å². The van der Waals surface area contributed by atoms with Gasteiger partial charge in [-0.1, -0.05) is 54.6 Å². The Balaban J connectivity index is 1.77. The largest absolute Gasteiger partial charge is 0.463 e. The Labute approximate surface area is 186 Å². The molecular weight excluding hydrogens is 392 g/mol. The number of carbonyl (C=O) groups is 1. The SMILES string of the molecule is CC(C)OC(=O)CCCC=CC[C@@H]1[C@@H](C=C[C@@H](O)CCc2ccccc2)[C@H](O)C[C@@H]1O. The van der Waals surface area contributed by atoms with Crippen molar-refractivity contribution >= 4 is 5.97 Å². The van der Waals surface area contributed by atoms with Crippen LogP contribution in [0.1, 0.15) is 57.9 Å². The zero-order chi connectivity index (χ0) is 22.6. The Bertz CT molecular complexity index is 697. The second-order valence-electron chi connectivity index (χ2n) is 8.73. The summed E-state index contributed by atoms with van der Waals surface area (Å²) in [7, 11) is 0. The van der Waals surface area contributed by atoms with E-state index >= 15 is 0 Å². The van der Waals surface area contributed by atoms with Gasteiger partial charge in [0.05, 0.1) is 24.4 Å². The van der Waals surface area contributed by atoms with Crippen molar-refractivity contribution in [1.29, 1.82) is 0 Å². The van der Waals surface area contributed by atoms with Crippen molar-refractivity contribution in [1.82, 2.24) is 0 Å². The summed E-state index contributed by atoms with van der Waals surface area (Å²) >= 11 is 0. The van der Waals surface area contributed by atoms with Crippen molar-refractivity contribution in [3.8, 4) is 0 Å². The number of aliphatic hydroxyl groups is 3. The molecule has 0 aliphatic heterocycles. The van der Waals surface area contributed by atoms with Crippen LogP contribution in [0.15, 0.2) is 54.6 Å². The highest BCUT2D eigenvalue weighted by Gasteiger charge is 2.39. The van der Waals surface area contributed by atoms with Crippen LogP contribution in [0.25, 0.3) is 0 Å². The maximum atomic E-state index is 11.5. The molecule has 5 heteroatoms. The summed E-state index contributed by atoms with van der Waals surface area (Å²) < 4.78 is 5.11. The summed E-state index contributed by atoms with van der Waals surface area (Å²) in [6, 6.07) is 10.0. The number of hydrogen-bond donors (Lipinski definition) is 3. The van der Waals surface area contributed by atoms with Crippen molar-refractivity contribution in [2.75, 3.05) is 0 Å². The first kappa shape index (κ1) is 25.3. The molecule has 172 valence electrons. The molecule has 1 aliphatic rings. The predicted octanol–water partition coefficient (Wildman–Crippen LogP) is 3.96. The number of rotatable bonds is 12. The van der Waals surface area contributed by atoms with Crippen molar-refractivity contribution in [3.05, 3.63) is 60.2 Å². The van der Waals surface area contributed by atoms with E-state index in [0.717, 1.165) is 19.3 Å². The Morgan fingerprint density at radius 3 is 2.61 bits per heavy atom. The second-order valence-corrected chi connectivity index (χ2v) is 8.73. The van der Waals surface area contributed by atoms with Gasteiger partial charge in [-0.25, -0.2) is 0 Å². The molecule has 3 N–H and O–H groups in total. The summed E-state index contributed by atoms with van der Waals surface area (Å²) in [6.07, 6.45) is 10.2. The first-order valence-electron chi connectivity index (χ1n) is 11.5. The van der Waals surface area contributed by atoms with Gasteiger partial charge in [0.15, 0.2) is 0 Å². The van der Waals surface area contributed by atoms with Crippen LogP contribution in [0.4, 0.5) is 0 Å². The van der Waals surface area contributed by atoms with Gasteiger partial charge in [0, 0.05) is 18.8 Å². The van der Waals surface area contributed by atoms with Crippen molar-refractivity contribution in [2.45, 2.75) is 83.2 Å². The molecule has 2 rings (SSSR count). The lowest BCUT2D eigenvalue weighted by Gasteiger charge is -2.19. The molecule has 0 amide bonds. The number of allylic oxidation sites excluding steroid dienone is 2. The second kappa shape index (κ2) is 13.5. The van der Waals surface area contributed by atoms with Gasteiger partial charge in [-0.3, -0.25) is 4.79 Å². The molecule has 0 saturated heterocycles. The van der Waals surface area contributed by atoms with Crippen LogP contribution in [-0.4, -0.2) is 45.7 Å². The topological polar surface area (TPSA) is 87.0 Å². The molecule has 0 spiro atoms. The number of aliphatic hydroxyl groups excluding tert-OH is 3. The molecule has 0 bridgehead atoms. The zero-order valence-corrected chi connectivity index (χ0v) is 18.8. The van der Waals surface area contributed by atoms with E-state index in [0.29, 0.717) is 25.7 Å². The molecule has 5 nitrogen and oxygen atoms in total. The quantitative estimate of drug-likeness (QED) is 0.265. The summed E-state index contributed by atoms with van der Waals surface area (Å²) in [5, 5.41) is 31.0. The summed E-state index contributed by atoms with van der Waals surface area (Å²) in [5.41, 5.74) is 1.19. The Morgan fingerprint density at radius 2 is 1.90 bits per heavy atom. The highest BCUT2D eigenvalue weighted by molar-refractivity contribution is 5.69. The number of benzene rings is 1. The van der Waals surface area contributed by atoms with Crippen LogP contribution < -0.4 is 0 Å². The molecule has 0 aromatic heterocycles. The Morgan fingerprint density at radius 1 is 1.16 bits per heavy atom. The fraction of sp³-hybridized carbons (Fsp3) is 0.577. The van der Waals surface area contributed by atoms with E-state index in [-0.39, 0.29) is 23.9 Å². The molecule has 1 aromatic rings. The third kappa shape index (κ3) is 9.38. The minimum absolute atomic E-state index is 0.0743. The van der Waals surface area contributed by atoms with Gasteiger partial charge in [0.2, 0.25) is 0 Å². The van der Waals surface area contributed by atoms with E-state index in [1.807, 2.05) is 62.4 Å². The highest BCUT2D eigenvalue weighted by atomic mass is 16.5. The molecule has 1 aliphatic carbocycles. The molecule has 1 fully saturated rings. The highest BCUT2D eigenvalue weighted by Crippen LogP contribution is 2.36. The van der Waals surface area contributed by atoms with Crippen LogP contribution in [-0.2, 0) is 16.0 Å². The minimum Gasteiger partial charge on any atom is -0.463 e. The van der Waals surface area contributed by atoms with E-state index in [1.165, 1.54) is 5.56 Å². The average Bonchev–Trinajstić information content (AvgIpc) is 3.00. The number of unbranched alkanes of at least 4 members (excludes halogenated alkanes) is 1. The minimum atomic E-state index is -0.600. The number of esters is 1. The first-order chi connectivity index (χ1) is 14.9. The molecule has 31 heavy (non-hydrogen) atoms. The average molecular weight is 431 g/mol. The van der Waals surface area contributed by atoms with Gasteiger partial charge in [-0.05, 0) is 57.4 Å². The molecule has 1 saturated carbocycles. The van der Waals surface area contributed by atoms with E-state index in [1.54, 1.807) is 6.08 Å². The fourth-order valence-electron chi connectivity index (χ4n) is 4.08. The van der Waals surface area contributed by atoms with Crippen molar-refractivity contribution in [3.63, 3.8) is 0 Å². The molecule has 0 unspecified atom stereocenters. The van der Waals surface area contributed by atoms with E-state index in [4.69, 9.17) is 4.74 Å². The predicted molar refractivity (Wildman–Crippen MR) is 122 cm³/mol. The van der Waals surface area contributed by atoms with Crippen LogP contribution in [0.3, 0.4) is 0 Å². The van der Waals surface area contributed by atoms with E-state index < -0.39 is 18.3 Å². The smallest absolute Gasteiger partial charge is 0.306 e. The number of hydrogen-bond acceptors (Lipinski definition) is 5. The van der Waals surface area contributed by atoms with Crippen molar-refractivity contribution in [2.24, 2.45) is 11.8 Å². The van der Waals surface area contributed by atoms with Crippen LogP contribution >= 0.6 is 0 Å². The van der Waals surface area contributed by atoms with Gasteiger partial charge in [0.25, 0.3) is 0 Å². The monoisotopic (exact) mass is 430 g/mol. The third-order valence-electron chi connectivity index (χ3n) is 5.74. The Hall–Kier alpha value is -1.95. The third-order valence-corrected chi connectivity index (χ3v) is 5.74. The van der Waals surface area contributed by atoms with Gasteiger partial charge in [-0.15, -0.1) is 0 Å². The van der Waals surface area contributed by atoms with Gasteiger partial charge in [-0.2, -0.15) is 0 Å². The molecule has 1 aromatic carbocycles. The lowest BCUT2D eigenvalue weighted by Crippen LogP contribution is -2.20. The fourth-order valence-corrected chi connectivity index (χ4v) is 4.08. The number of aryl methyl sites for hydroxylation is 1. The van der Waals surface area contributed by atoms with Crippen LogP contribution in [0.5, 0.6) is 0 Å². The lowest BCUT2D eigenvalue weighted by atomic mass is 9.89. The van der Waals surface area contributed by atoms with E-state index in [2.05, 4.69) is 0 Å². The van der Waals surface area contributed by atoms with Crippen LogP contribution in [0, 0.1) is 11.8 Å². The molecule has 0 heterocycles. The standard InChI is InChI=1S/C26H38O5/c1-19(2)31-26(30)13-9-4-3-8-12-22-23(25(29)18-24(22)28)17-16-21(27)15-14-20-10-6-5-7-11-20/h3,5-8,10-11,16-17,19,21-25,27-29H,4,9,12-15,18H2,1-2H3/t21-,22+,23+,24-,25+/m0/s1. The summed E-state index contributed by atoms with van der Waals surface area (Å²) in [5.74, 6) is -0.421. The summed E-state index contributed by atoms with van der Waals surface area (Å²) in [6.45, 7) is 3.68. The normalized spacial score (nSPS) is 25.0.